The van der Waals surface area contributed by atoms with Gasteiger partial charge in [0.15, 0.2) is 0 Å². The summed E-state index contributed by atoms with van der Waals surface area (Å²) in [6.07, 6.45) is 2.66. The van der Waals surface area contributed by atoms with Crippen LogP contribution in [0, 0.1) is 5.41 Å². The van der Waals surface area contributed by atoms with Gasteiger partial charge < -0.3 is 5.11 Å². The first-order chi connectivity index (χ1) is 7.76. The van der Waals surface area contributed by atoms with Gasteiger partial charge in [-0.25, -0.2) is 13.1 Å². The van der Waals surface area contributed by atoms with Crippen LogP contribution in [0.3, 0.4) is 0 Å². The van der Waals surface area contributed by atoms with Gasteiger partial charge in [-0.15, -0.1) is 0 Å². The number of carboxylic acids is 1. The zero-order chi connectivity index (χ0) is 13.1. The summed E-state index contributed by atoms with van der Waals surface area (Å²) in [6, 6.07) is 2.89. The lowest BCUT2D eigenvalue weighted by atomic mass is 9.95. The summed E-state index contributed by atoms with van der Waals surface area (Å²) in [5, 5.41) is 8.86. The van der Waals surface area contributed by atoms with Crippen molar-refractivity contribution in [2.24, 2.45) is 5.41 Å². The van der Waals surface area contributed by atoms with Gasteiger partial charge in [0.25, 0.3) is 0 Å². The molecule has 1 rings (SSSR count). The molecule has 0 aliphatic heterocycles. The highest BCUT2D eigenvalue weighted by Gasteiger charge is 2.29. The normalized spacial score (nSPS) is 12.4. The Bertz CT molecular complexity index is 496. The fourth-order valence-electron chi connectivity index (χ4n) is 0.940. The molecule has 0 bridgehead atoms. The summed E-state index contributed by atoms with van der Waals surface area (Å²) in [7, 11) is -3.70. The molecular formula is C10H14N2O4S. The number of pyridine rings is 1. The van der Waals surface area contributed by atoms with Crippen LogP contribution < -0.4 is 4.72 Å². The number of hydrogen-bond acceptors (Lipinski definition) is 4. The van der Waals surface area contributed by atoms with Gasteiger partial charge in [-0.3, -0.25) is 9.78 Å². The Morgan fingerprint density at radius 3 is 2.65 bits per heavy atom. The van der Waals surface area contributed by atoms with Crippen LogP contribution in [-0.4, -0.2) is 31.0 Å². The van der Waals surface area contributed by atoms with Crippen molar-refractivity contribution >= 4 is 16.0 Å². The lowest BCUT2D eigenvalue weighted by Gasteiger charge is -2.19. The molecule has 0 unspecified atom stereocenters. The Balaban J connectivity index is 2.80. The van der Waals surface area contributed by atoms with Gasteiger partial charge >= 0.3 is 5.97 Å². The second-order valence-corrected chi connectivity index (χ2v) is 5.97. The number of aromatic nitrogens is 1. The smallest absolute Gasteiger partial charge is 0.310 e. The Hall–Kier alpha value is -1.47. The van der Waals surface area contributed by atoms with Crippen molar-refractivity contribution in [3.63, 3.8) is 0 Å². The van der Waals surface area contributed by atoms with E-state index in [0.717, 1.165) is 0 Å². The van der Waals surface area contributed by atoms with Gasteiger partial charge in [-0.05, 0) is 26.0 Å². The second-order valence-electron chi connectivity index (χ2n) is 4.20. The number of rotatable bonds is 5. The van der Waals surface area contributed by atoms with Crippen LogP contribution in [0.4, 0.5) is 0 Å². The maximum atomic E-state index is 11.8. The minimum Gasteiger partial charge on any atom is -0.481 e. The van der Waals surface area contributed by atoms with Crippen molar-refractivity contribution in [3.05, 3.63) is 24.5 Å². The van der Waals surface area contributed by atoms with E-state index in [1.807, 2.05) is 0 Å². The Kier molecular flexibility index (Phi) is 3.84. The molecule has 7 heteroatoms. The monoisotopic (exact) mass is 258 g/mol. The zero-order valence-corrected chi connectivity index (χ0v) is 10.4. The summed E-state index contributed by atoms with van der Waals surface area (Å²) in [4.78, 5) is 14.5. The van der Waals surface area contributed by atoms with Crippen molar-refractivity contribution in [2.75, 3.05) is 6.54 Å². The van der Waals surface area contributed by atoms with E-state index < -0.39 is 21.4 Å². The van der Waals surface area contributed by atoms with Crippen LogP contribution in [0.1, 0.15) is 13.8 Å². The summed E-state index contributed by atoms with van der Waals surface area (Å²) >= 11 is 0. The predicted octanol–water partition coefficient (Wildman–Crippen LogP) is 0.471. The van der Waals surface area contributed by atoms with Crippen LogP contribution >= 0.6 is 0 Å². The van der Waals surface area contributed by atoms with Crippen molar-refractivity contribution in [1.29, 1.82) is 0 Å². The van der Waals surface area contributed by atoms with Crippen LogP contribution in [0.2, 0.25) is 0 Å². The van der Waals surface area contributed by atoms with Crippen molar-refractivity contribution in [1.82, 2.24) is 9.71 Å². The van der Waals surface area contributed by atoms with Crippen molar-refractivity contribution in [2.45, 2.75) is 18.7 Å². The number of carbonyl (C=O) groups is 1. The SMILES string of the molecule is CC(C)(CNS(=O)(=O)c1cccnc1)C(=O)O. The molecule has 0 spiro atoms. The van der Waals surface area contributed by atoms with E-state index in [1.54, 1.807) is 0 Å². The van der Waals surface area contributed by atoms with Crippen LogP contribution in [0.5, 0.6) is 0 Å². The van der Waals surface area contributed by atoms with Gasteiger partial charge in [0, 0.05) is 18.9 Å². The van der Waals surface area contributed by atoms with E-state index in [9.17, 15) is 13.2 Å². The third-order valence-electron chi connectivity index (χ3n) is 2.23. The highest BCUT2D eigenvalue weighted by atomic mass is 32.2. The summed E-state index contributed by atoms with van der Waals surface area (Å²) in [5.41, 5.74) is -1.16. The fraction of sp³-hybridized carbons (Fsp3) is 0.400. The molecule has 0 fully saturated rings. The second kappa shape index (κ2) is 4.80. The molecule has 0 radical (unpaired) electrons. The largest absolute Gasteiger partial charge is 0.481 e. The lowest BCUT2D eigenvalue weighted by molar-refractivity contribution is -0.146. The highest BCUT2D eigenvalue weighted by molar-refractivity contribution is 7.89. The van der Waals surface area contributed by atoms with E-state index in [-0.39, 0.29) is 11.4 Å². The van der Waals surface area contributed by atoms with E-state index in [0.29, 0.717) is 0 Å². The number of hydrogen-bond donors (Lipinski definition) is 2. The third kappa shape index (κ3) is 3.50. The molecule has 1 aromatic rings. The quantitative estimate of drug-likeness (QED) is 0.800. The maximum absolute atomic E-state index is 11.8. The minimum atomic E-state index is -3.70. The molecule has 2 N–H and O–H groups in total. The number of nitrogens with zero attached hydrogens (tertiary/aromatic N) is 1. The minimum absolute atomic E-state index is 0.0150. The highest BCUT2D eigenvalue weighted by Crippen LogP contribution is 2.15. The molecule has 6 nitrogen and oxygen atoms in total. The Morgan fingerprint density at radius 2 is 2.18 bits per heavy atom. The molecule has 1 aromatic heterocycles. The number of aliphatic carboxylic acids is 1. The standard InChI is InChI=1S/C10H14N2O4S/c1-10(2,9(13)14)7-12-17(15,16)8-4-3-5-11-6-8/h3-6,12H,7H2,1-2H3,(H,13,14). The first-order valence-corrected chi connectivity index (χ1v) is 6.37. The van der Waals surface area contributed by atoms with Gasteiger partial charge in [0.2, 0.25) is 10.0 Å². The molecule has 0 saturated carbocycles. The van der Waals surface area contributed by atoms with E-state index in [4.69, 9.17) is 5.11 Å². The molecule has 0 aromatic carbocycles. The molecule has 0 saturated heterocycles. The molecule has 0 aliphatic rings. The molecule has 0 aliphatic carbocycles. The molecule has 0 amide bonds. The zero-order valence-electron chi connectivity index (χ0n) is 9.54. The Morgan fingerprint density at radius 1 is 1.53 bits per heavy atom. The van der Waals surface area contributed by atoms with Crippen molar-refractivity contribution in [3.8, 4) is 0 Å². The van der Waals surface area contributed by atoms with Crippen LogP contribution in [0.15, 0.2) is 29.4 Å². The summed E-state index contributed by atoms with van der Waals surface area (Å²) in [5.74, 6) is -1.06. The third-order valence-corrected chi connectivity index (χ3v) is 3.61. The van der Waals surface area contributed by atoms with Gasteiger partial charge in [0.05, 0.1) is 5.41 Å². The van der Waals surface area contributed by atoms with E-state index in [2.05, 4.69) is 9.71 Å². The van der Waals surface area contributed by atoms with Gasteiger partial charge in [-0.1, -0.05) is 0 Å². The van der Waals surface area contributed by atoms with E-state index >= 15 is 0 Å². The average molecular weight is 258 g/mol. The molecule has 17 heavy (non-hydrogen) atoms. The molecule has 1 heterocycles. The number of sulfonamides is 1. The van der Waals surface area contributed by atoms with Crippen LogP contribution in [0.25, 0.3) is 0 Å². The summed E-state index contributed by atoms with van der Waals surface area (Å²) in [6.45, 7) is 2.71. The average Bonchev–Trinajstić information content (AvgIpc) is 2.28. The first-order valence-electron chi connectivity index (χ1n) is 4.89. The number of nitrogens with one attached hydrogen (secondary N) is 1. The fourth-order valence-corrected chi connectivity index (χ4v) is 2.12. The number of carboxylic acid groups (broad SMARTS) is 1. The maximum Gasteiger partial charge on any atom is 0.310 e. The predicted molar refractivity (Wildman–Crippen MR) is 60.8 cm³/mol. The topological polar surface area (TPSA) is 96.4 Å². The van der Waals surface area contributed by atoms with Gasteiger partial charge in [-0.2, -0.15) is 0 Å². The molecule has 94 valence electrons. The Labute approximate surface area is 99.7 Å². The van der Waals surface area contributed by atoms with E-state index in [1.165, 1.54) is 38.4 Å². The molecule has 0 atom stereocenters. The molecular weight excluding hydrogens is 244 g/mol. The van der Waals surface area contributed by atoms with Crippen LogP contribution in [-0.2, 0) is 14.8 Å². The van der Waals surface area contributed by atoms with Gasteiger partial charge in [0.1, 0.15) is 4.90 Å². The summed E-state index contributed by atoms with van der Waals surface area (Å²) < 4.78 is 25.8. The van der Waals surface area contributed by atoms with Crippen molar-refractivity contribution < 1.29 is 18.3 Å². The first kappa shape index (κ1) is 13.6. The lowest BCUT2D eigenvalue weighted by Crippen LogP contribution is -2.38.